The molecule has 0 aliphatic heterocycles. The predicted octanol–water partition coefficient (Wildman–Crippen LogP) is 2.20. The number of carbonyl (C=O) groups is 1. The van der Waals surface area contributed by atoms with E-state index < -0.39 is 5.60 Å². The molecule has 2 rings (SSSR count). The monoisotopic (exact) mass is 218 g/mol. The highest BCUT2D eigenvalue weighted by molar-refractivity contribution is 5.78. The van der Waals surface area contributed by atoms with Crippen LogP contribution in [0.3, 0.4) is 0 Å². The average Bonchev–Trinajstić information content (AvgIpc) is 2.23. The molecule has 0 aromatic heterocycles. The van der Waals surface area contributed by atoms with Gasteiger partial charge >= 0.3 is 5.97 Å². The summed E-state index contributed by atoms with van der Waals surface area (Å²) in [6.45, 7) is 3.13. The van der Waals surface area contributed by atoms with Crippen LogP contribution in [0.1, 0.15) is 31.4 Å². The Labute approximate surface area is 94.4 Å². The van der Waals surface area contributed by atoms with E-state index in [-0.39, 0.29) is 5.97 Å². The second-order valence-corrected chi connectivity index (χ2v) is 4.19. The second kappa shape index (κ2) is 3.76. The maximum Gasteiger partial charge on any atom is 0.308 e. The molecule has 0 heterocycles. The molecule has 1 aromatic rings. The number of esters is 1. The molecule has 0 radical (unpaired) electrons. The fraction of sp³-hybridized carbons (Fsp3) is 0.308. The van der Waals surface area contributed by atoms with Crippen LogP contribution in [0.2, 0.25) is 0 Å². The molecule has 84 valence electrons. The lowest BCUT2D eigenvalue weighted by molar-refractivity contribution is -0.134. The number of rotatable bonds is 1. The summed E-state index contributed by atoms with van der Waals surface area (Å²) >= 11 is 0. The molecule has 3 nitrogen and oxygen atoms in total. The van der Waals surface area contributed by atoms with Crippen LogP contribution < -0.4 is 0 Å². The number of aliphatic hydroxyl groups is 1. The van der Waals surface area contributed by atoms with Gasteiger partial charge in [-0.1, -0.05) is 24.3 Å². The number of carbonyl (C=O) groups excluding carboxylic acids is 1. The van der Waals surface area contributed by atoms with Crippen molar-refractivity contribution in [3.63, 3.8) is 0 Å². The molecule has 0 saturated heterocycles. The van der Waals surface area contributed by atoms with Crippen molar-refractivity contribution in [2.24, 2.45) is 0 Å². The molecule has 16 heavy (non-hydrogen) atoms. The summed E-state index contributed by atoms with van der Waals surface area (Å²) in [5.41, 5.74) is 0.697. The van der Waals surface area contributed by atoms with Crippen LogP contribution >= 0.6 is 0 Å². The molecular formula is C13H14O3. The SMILES string of the molecule is CC(=O)OC1=CCC(C)(O)c2ccccc21. The van der Waals surface area contributed by atoms with Crippen LogP contribution in [0.15, 0.2) is 30.3 Å². The number of fused-ring (bicyclic) bond motifs is 1. The van der Waals surface area contributed by atoms with Crippen molar-refractivity contribution in [2.75, 3.05) is 0 Å². The fourth-order valence-corrected chi connectivity index (χ4v) is 1.93. The van der Waals surface area contributed by atoms with Gasteiger partial charge in [0.05, 0.1) is 5.60 Å². The summed E-state index contributed by atoms with van der Waals surface area (Å²) < 4.78 is 5.12. The summed E-state index contributed by atoms with van der Waals surface area (Å²) in [5, 5.41) is 10.2. The Balaban J connectivity index is 2.47. The Morgan fingerprint density at radius 3 is 2.81 bits per heavy atom. The Morgan fingerprint density at radius 1 is 1.44 bits per heavy atom. The van der Waals surface area contributed by atoms with E-state index in [1.807, 2.05) is 24.3 Å². The first-order chi connectivity index (χ1) is 7.50. The lowest BCUT2D eigenvalue weighted by Crippen LogP contribution is -2.25. The molecular weight excluding hydrogens is 204 g/mol. The summed E-state index contributed by atoms with van der Waals surface area (Å²) in [6, 6.07) is 7.42. The zero-order chi connectivity index (χ0) is 11.8. The highest BCUT2D eigenvalue weighted by Gasteiger charge is 2.30. The van der Waals surface area contributed by atoms with Crippen molar-refractivity contribution in [1.29, 1.82) is 0 Å². The molecule has 1 aromatic carbocycles. The first-order valence-corrected chi connectivity index (χ1v) is 5.21. The summed E-state index contributed by atoms with van der Waals surface area (Å²) in [7, 11) is 0. The van der Waals surface area contributed by atoms with Crippen molar-refractivity contribution in [1.82, 2.24) is 0 Å². The van der Waals surface area contributed by atoms with Crippen molar-refractivity contribution >= 4 is 11.7 Å². The van der Waals surface area contributed by atoms with Gasteiger partial charge < -0.3 is 9.84 Å². The van der Waals surface area contributed by atoms with E-state index in [9.17, 15) is 9.90 Å². The van der Waals surface area contributed by atoms with Crippen LogP contribution in [-0.4, -0.2) is 11.1 Å². The van der Waals surface area contributed by atoms with E-state index in [0.717, 1.165) is 11.1 Å². The van der Waals surface area contributed by atoms with Gasteiger partial charge in [0, 0.05) is 18.9 Å². The average molecular weight is 218 g/mol. The third-order valence-corrected chi connectivity index (χ3v) is 2.71. The molecule has 1 aliphatic carbocycles. The fourth-order valence-electron chi connectivity index (χ4n) is 1.93. The minimum Gasteiger partial charge on any atom is -0.426 e. The topological polar surface area (TPSA) is 46.5 Å². The first kappa shape index (κ1) is 10.9. The third kappa shape index (κ3) is 1.86. The lowest BCUT2D eigenvalue weighted by atomic mass is 9.83. The van der Waals surface area contributed by atoms with Crippen LogP contribution in [0.25, 0.3) is 5.76 Å². The maximum atomic E-state index is 11.0. The highest BCUT2D eigenvalue weighted by atomic mass is 16.5. The van der Waals surface area contributed by atoms with Gasteiger partial charge in [-0.05, 0) is 18.6 Å². The minimum atomic E-state index is -0.889. The van der Waals surface area contributed by atoms with E-state index in [1.165, 1.54) is 6.92 Å². The van der Waals surface area contributed by atoms with E-state index in [1.54, 1.807) is 13.0 Å². The van der Waals surface area contributed by atoms with Crippen molar-refractivity contribution in [3.8, 4) is 0 Å². The van der Waals surface area contributed by atoms with Crippen molar-refractivity contribution in [3.05, 3.63) is 41.5 Å². The van der Waals surface area contributed by atoms with Crippen LogP contribution in [-0.2, 0) is 15.1 Å². The molecule has 1 unspecified atom stereocenters. The standard InChI is InChI=1S/C13H14O3/c1-9(14)16-12-7-8-13(2,15)11-6-4-3-5-10(11)12/h3-7,15H,8H2,1-2H3. The number of ether oxygens (including phenoxy) is 1. The largest absolute Gasteiger partial charge is 0.426 e. The normalized spacial score (nSPS) is 23.3. The number of hydrogen-bond donors (Lipinski definition) is 1. The molecule has 0 fully saturated rings. The summed E-state index contributed by atoms with van der Waals surface area (Å²) in [4.78, 5) is 11.0. The Hall–Kier alpha value is -1.61. The summed E-state index contributed by atoms with van der Waals surface area (Å²) in [5.74, 6) is 0.192. The van der Waals surface area contributed by atoms with Crippen LogP contribution in [0, 0.1) is 0 Å². The van der Waals surface area contributed by atoms with Crippen LogP contribution in [0.4, 0.5) is 0 Å². The molecule has 0 spiro atoms. The molecule has 1 aliphatic rings. The minimum absolute atomic E-state index is 0.345. The van der Waals surface area contributed by atoms with E-state index in [0.29, 0.717) is 12.2 Å². The van der Waals surface area contributed by atoms with E-state index in [2.05, 4.69) is 0 Å². The number of benzene rings is 1. The third-order valence-electron chi connectivity index (χ3n) is 2.71. The lowest BCUT2D eigenvalue weighted by Gasteiger charge is -2.29. The Morgan fingerprint density at radius 2 is 2.12 bits per heavy atom. The molecule has 3 heteroatoms. The first-order valence-electron chi connectivity index (χ1n) is 5.21. The zero-order valence-electron chi connectivity index (χ0n) is 9.36. The molecule has 0 bridgehead atoms. The Kier molecular flexibility index (Phi) is 2.56. The van der Waals surface area contributed by atoms with Gasteiger partial charge in [0.15, 0.2) is 0 Å². The van der Waals surface area contributed by atoms with Crippen molar-refractivity contribution in [2.45, 2.75) is 25.9 Å². The van der Waals surface area contributed by atoms with Gasteiger partial charge in [-0.2, -0.15) is 0 Å². The van der Waals surface area contributed by atoms with Gasteiger partial charge in [-0.25, -0.2) is 0 Å². The van der Waals surface area contributed by atoms with Gasteiger partial charge in [0.1, 0.15) is 5.76 Å². The van der Waals surface area contributed by atoms with Crippen molar-refractivity contribution < 1.29 is 14.6 Å². The van der Waals surface area contributed by atoms with Gasteiger partial charge in [-0.3, -0.25) is 4.79 Å². The number of hydrogen-bond acceptors (Lipinski definition) is 3. The smallest absolute Gasteiger partial charge is 0.308 e. The van der Waals surface area contributed by atoms with Gasteiger partial charge in [0.2, 0.25) is 0 Å². The quantitative estimate of drug-likeness (QED) is 0.735. The molecule has 0 amide bonds. The van der Waals surface area contributed by atoms with Gasteiger partial charge in [0.25, 0.3) is 0 Å². The van der Waals surface area contributed by atoms with E-state index in [4.69, 9.17) is 4.74 Å². The molecule has 1 atom stereocenters. The summed E-state index contributed by atoms with van der Waals surface area (Å²) in [6.07, 6.45) is 2.20. The van der Waals surface area contributed by atoms with Crippen LogP contribution in [0.5, 0.6) is 0 Å². The maximum absolute atomic E-state index is 11.0. The predicted molar refractivity (Wildman–Crippen MR) is 60.4 cm³/mol. The van der Waals surface area contributed by atoms with E-state index >= 15 is 0 Å². The molecule has 1 N–H and O–H groups in total. The zero-order valence-corrected chi connectivity index (χ0v) is 9.36. The highest BCUT2D eigenvalue weighted by Crippen LogP contribution is 2.37. The second-order valence-electron chi connectivity index (χ2n) is 4.19. The molecule has 0 saturated carbocycles. The Bertz CT molecular complexity index is 458. The van der Waals surface area contributed by atoms with Gasteiger partial charge in [-0.15, -0.1) is 0 Å².